The monoisotopic (exact) mass is 457 g/mol. The number of alkyl halides is 1. The normalized spacial score (nSPS) is 30.7. The van der Waals surface area contributed by atoms with Crippen molar-refractivity contribution in [3.8, 4) is 0 Å². The molecule has 5 atom stereocenters. The van der Waals surface area contributed by atoms with E-state index in [4.69, 9.17) is 27.9 Å². The van der Waals surface area contributed by atoms with Crippen LogP contribution in [0.25, 0.3) is 0 Å². The number of hydrogen-bond acceptors (Lipinski definition) is 4. The van der Waals surface area contributed by atoms with Crippen LogP contribution in [-0.4, -0.2) is 46.5 Å². The van der Waals surface area contributed by atoms with Gasteiger partial charge in [0, 0.05) is 12.5 Å². The summed E-state index contributed by atoms with van der Waals surface area (Å²) in [6.07, 6.45) is 12.4. The van der Waals surface area contributed by atoms with E-state index in [-0.39, 0.29) is 24.0 Å². The average molecular weight is 458 g/mol. The summed E-state index contributed by atoms with van der Waals surface area (Å²) in [4.78, 5) is 24.3. The van der Waals surface area contributed by atoms with Gasteiger partial charge in [-0.05, 0) is 30.9 Å². The summed E-state index contributed by atoms with van der Waals surface area (Å²) in [5.74, 6) is -0.242. The third kappa shape index (κ3) is 6.94. The molecular formula is C23H33Cl2NO4. The first-order valence-electron chi connectivity index (χ1n) is 10.7. The molecule has 1 saturated heterocycles. The molecule has 2 rings (SSSR count). The molecule has 0 bridgehead atoms. The minimum Gasteiger partial charge on any atom is -0.383 e. The number of ether oxygens (including phenoxy) is 1. The minimum absolute atomic E-state index is 0.103. The lowest BCUT2D eigenvalue weighted by molar-refractivity contribution is -0.148. The number of aliphatic hydroxyl groups is 1. The highest BCUT2D eigenvalue weighted by atomic mass is 35.5. The predicted octanol–water partition coefficient (Wildman–Crippen LogP) is 4.41. The molecule has 0 saturated carbocycles. The van der Waals surface area contributed by atoms with Gasteiger partial charge in [-0.25, -0.2) is 0 Å². The Morgan fingerprint density at radius 2 is 2.17 bits per heavy atom. The van der Waals surface area contributed by atoms with E-state index >= 15 is 0 Å². The van der Waals surface area contributed by atoms with Crippen molar-refractivity contribution in [3.63, 3.8) is 0 Å². The van der Waals surface area contributed by atoms with Gasteiger partial charge in [0.15, 0.2) is 5.78 Å². The number of amides is 1. The van der Waals surface area contributed by atoms with Crippen LogP contribution < -0.4 is 5.32 Å². The van der Waals surface area contributed by atoms with Gasteiger partial charge in [0.2, 0.25) is 5.91 Å². The summed E-state index contributed by atoms with van der Waals surface area (Å²) in [7, 11) is 0. The van der Waals surface area contributed by atoms with Gasteiger partial charge in [-0.15, -0.1) is 11.6 Å². The SMILES string of the molecule is CCCCCC[C@@H](C)/C=C/C(C)=C/C(=O)N[C@@H]1CO[C@H]2[C@@H](Cl)C(=O)C(Cl)=C[C@@]2(O)C1. The number of rotatable bonds is 9. The number of ketones is 1. The summed E-state index contributed by atoms with van der Waals surface area (Å²) in [6.45, 7) is 6.44. The molecule has 0 spiro atoms. The Kier molecular flexibility index (Phi) is 9.61. The molecular weight excluding hydrogens is 425 g/mol. The quantitative estimate of drug-likeness (QED) is 0.232. The number of fused-ring (bicyclic) bond motifs is 1. The maximum Gasteiger partial charge on any atom is 0.244 e. The van der Waals surface area contributed by atoms with Crippen LogP contribution in [0.5, 0.6) is 0 Å². The average Bonchev–Trinajstić information content (AvgIpc) is 2.67. The molecule has 0 radical (unpaired) electrons. The van der Waals surface area contributed by atoms with Gasteiger partial charge in [-0.2, -0.15) is 0 Å². The van der Waals surface area contributed by atoms with E-state index in [2.05, 4.69) is 25.2 Å². The molecule has 0 unspecified atom stereocenters. The zero-order chi connectivity index (χ0) is 22.3. The molecule has 1 fully saturated rings. The van der Waals surface area contributed by atoms with Gasteiger partial charge in [-0.3, -0.25) is 9.59 Å². The third-order valence-corrected chi connectivity index (χ3v) is 6.30. The van der Waals surface area contributed by atoms with Crippen molar-refractivity contribution in [1.82, 2.24) is 5.32 Å². The van der Waals surface area contributed by atoms with Gasteiger partial charge in [-0.1, -0.05) is 63.3 Å². The van der Waals surface area contributed by atoms with E-state index in [9.17, 15) is 14.7 Å². The lowest BCUT2D eigenvalue weighted by Crippen LogP contribution is -2.61. The number of carbonyl (C=O) groups is 2. The molecule has 7 heteroatoms. The second-order valence-electron chi connectivity index (χ2n) is 8.49. The third-order valence-electron chi connectivity index (χ3n) is 5.58. The summed E-state index contributed by atoms with van der Waals surface area (Å²) in [5.41, 5.74) is -0.632. The van der Waals surface area contributed by atoms with E-state index in [1.807, 2.05) is 13.0 Å². The minimum atomic E-state index is -1.49. The molecule has 2 aliphatic rings. The van der Waals surface area contributed by atoms with Crippen molar-refractivity contribution in [2.75, 3.05) is 6.61 Å². The standard InChI is InChI=1S/C23H33Cl2NO4/c1-4-5-6-7-8-15(2)9-10-16(3)11-19(27)26-17-12-23(29)13-18(24)21(28)20(25)22(23)30-14-17/h9-11,13,15,17,20,22,29H,4-8,12,14H2,1-3H3,(H,26,27)/b10-9+,16-11+/t15-,17+,20+,22+,23+/m1/s1. The summed E-state index contributed by atoms with van der Waals surface area (Å²) in [6, 6.07) is -0.415. The van der Waals surface area contributed by atoms with Gasteiger partial charge in [0.05, 0.1) is 17.7 Å². The van der Waals surface area contributed by atoms with Crippen molar-refractivity contribution in [3.05, 3.63) is 34.9 Å². The second-order valence-corrected chi connectivity index (χ2v) is 9.36. The molecule has 30 heavy (non-hydrogen) atoms. The maximum atomic E-state index is 12.4. The lowest BCUT2D eigenvalue weighted by Gasteiger charge is -2.45. The predicted molar refractivity (Wildman–Crippen MR) is 121 cm³/mol. The van der Waals surface area contributed by atoms with E-state index in [1.54, 1.807) is 0 Å². The van der Waals surface area contributed by atoms with E-state index < -0.39 is 28.9 Å². The molecule has 1 heterocycles. The second kappa shape index (κ2) is 11.5. The van der Waals surface area contributed by atoms with Crippen molar-refractivity contribution < 1.29 is 19.4 Å². The molecule has 1 aliphatic heterocycles. The number of allylic oxidation sites excluding steroid dienone is 4. The first-order chi connectivity index (χ1) is 14.2. The Morgan fingerprint density at radius 3 is 2.87 bits per heavy atom. The van der Waals surface area contributed by atoms with Crippen LogP contribution in [0.1, 0.15) is 59.3 Å². The lowest BCUT2D eigenvalue weighted by atomic mass is 9.80. The number of nitrogens with one attached hydrogen (secondary N) is 1. The smallest absolute Gasteiger partial charge is 0.244 e. The highest BCUT2D eigenvalue weighted by Gasteiger charge is 2.51. The van der Waals surface area contributed by atoms with Crippen LogP contribution in [0.4, 0.5) is 0 Å². The summed E-state index contributed by atoms with van der Waals surface area (Å²) < 4.78 is 5.61. The van der Waals surface area contributed by atoms with Gasteiger partial charge in [0.1, 0.15) is 17.1 Å². The first kappa shape index (κ1) is 25.1. The zero-order valence-electron chi connectivity index (χ0n) is 18.0. The Hall–Kier alpha value is -1.14. The molecule has 5 nitrogen and oxygen atoms in total. The molecule has 1 aliphatic carbocycles. The number of hydrogen-bond donors (Lipinski definition) is 2. The Labute approximate surface area is 189 Å². The van der Waals surface area contributed by atoms with Crippen LogP contribution in [0.3, 0.4) is 0 Å². The van der Waals surface area contributed by atoms with Crippen molar-refractivity contribution >= 4 is 34.9 Å². The van der Waals surface area contributed by atoms with Crippen molar-refractivity contribution in [1.29, 1.82) is 0 Å². The fourth-order valence-electron chi connectivity index (χ4n) is 3.87. The molecule has 0 aromatic rings. The molecule has 1 amide bonds. The number of Topliss-reactive ketones (excluding diaryl/α,β-unsaturated/α-hetero) is 1. The fraction of sp³-hybridized carbons (Fsp3) is 0.652. The van der Waals surface area contributed by atoms with Crippen molar-refractivity contribution in [2.45, 2.75) is 82.4 Å². The van der Waals surface area contributed by atoms with Crippen LogP contribution in [0.2, 0.25) is 0 Å². The van der Waals surface area contributed by atoms with Crippen LogP contribution in [0, 0.1) is 5.92 Å². The number of carbonyl (C=O) groups excluding carboxylic acids is 2. The van der Waals surface area contributed by atoms with Crippen LogP contribution in [0.15, 0.2) is 34.9 Å². The van der Waals surface area contributed by atoms with E-state index in [0.29, 0.717) is 5.92 Å². The molecule has 168 valence electrons. The highest BCUT2D eigenvalue weighted by Crippen LogP contribution is 2.38. The van der Waals surface area contributed by atoms with Gasteiger partial charge < -0.3 is 15.2 Å². The largest absolute Gasteiger partial charge is 0.383 e. The summed E-state index contributed by atoms with van der Waals surface area (Å²) >= 11 is 12.0. The Balaban J connectivity index is 1.87. The van der Waals surface area contributed by atoms with E-state index in [0.717, 1.165) is 12.0 Å². The van der Waals surface area contributed by atoms with Crippen molar-refractivity contribution in [2.24, 2.45) is 5.92 Å². The zero-order valence-corrected chi connectivity index (χ0v) is 19.5. The highest BCUT2D eigenvalue weighted by molar-refractivity contribution is 6.49. The fourth-order valence-corrected chi connectivity index (χ4v) is 4.64. The van der Waals surface area contributed by atoms with Gasteiger partial charge >= 0.3 is 0 Å². The molecule has 0 aromatic heterocycles. The van der Waals surface area contributed by atoms with E-state index in [1.165, 1.54) is 37.8 Å². The van der Waals surface area contributed by atoms with Crippen LogP contribution in [-0.2, 0) is 14.3 Å². The topological polar surface area (TPSA) is 75.6 Å². The maximum absolute atomic E-state index is 12.4. The molecule has 0 aromatic carbocycles. The summed E-state index contributed by atoms with van der Waals surface area (Å²) in [5, 5.41) is 12.6. The first-order valence-corrected chi connectivity index (χ1v) is 11.5. The Morgan fingerprint density at radius 1 is 1.43 bits per heavy atom. The van der Waals surface area contributed by atoms with Gasteiger partial charge in [0.25, 0.3) is 0 Å². The number of unbranched alkanes of at least 4 members (excludes halogenated alkanes) is 3. The van der Waals surface area contributed by atoms with Crippen LogP contribution >= 0.6 is 23.2 Å². The molecule has 2 N–H and O–H groups in total. The Bertz CT molecular complexity index is 718. The number of halogens is 2.